The first-order valence-corrected chi connectivity index (χ1v) is 4.21. The quantitative estimate of drug-likeness (QED) is 0.171. The first-order valence-electron chi connectivity index (χ1n) is 4.21. The molecule has 0 atom stereocenters. The van der Waals surface area contributed by atoms with Gasteiger partial charge in [0.2, 0.25) is 0 Å². The third-order valence-corrected chi connectivity index (χ3v) is 0. The van der Waals surface area contributed by atoms with Crippen LogP contribution in [-0.2, 0) is 19.2 Å². The van der Waals surface area contributed by atoms with Crippen molar-refractivity contribution in [1.29, 1.82) is 0 Å². The maximum absolute atomic E-state index is 9.00. The topological polar surface area (TPSA) is 219 Å². The Morgan fingerprint density at radius 2 is 0.609 bits per heavy atom. The zero-order chi connectivity index (χ0) is 16.3. The van der Waals surface area contributed by atoms with Crippen LogP contribution in [0.1, 0.15) is 33.4 Å². The van der Waals surface area contributed by atoms with Gasteiger partial charge >= 0.3 is 96.9 Å². The molecule has 132 valence electrons. The second-order valence-corrected chi connectivity index (χ2v) is 2.08. The fourth-order valence-electron chi connectivity index (χ4n) is 0. The molecule has 10 N–H and O–H groups in total. The predicted molar refractivity (Wildman–Crippen MR) is 84.7 cm³/mol. The Hall–Kier alpha value is 0.800. The molecule has 10 nitrogen and oxygen atoms in total. The molecule has 0 saturated heterocycles. The van der Waals surface area contributed by atoms with E-state index in [2.05, 4.69) is 13.2 Å². The third kappa shape index (κ3) is 15400. The van der Waals surface area contributed by atoms with Crippen LogP contribution in [0.25, 0.3) is 0 Å². The molecule has 0 aromatic rings. The van der Waals surface area contributed by atoms with Gasteiger partial charge in [-0.3, -0.25) is 19.2 Å². The molecule has 0 spiro atoms. The number of carbonyl (C=O) groups is 4. The van der Waals surface area contributed by atoms with Crippen LogP contribution in [0.2, 0.25) is 0 Å². The van der Waals surface area contributed by atoms with Gasteiger partial charge in [-0.25, -0.2) is 0 Å². The molecule has 0 unspecified atom stereocenters. The predicted octanol–water partition coefficient (Wildman–Crippen LogP) is -4.43. The van der Waals surface area contributed by atoms with E-state index in [4.69, 9.17) is 39.6 Å². The minimum absolute atomic E-state index is 0. The monoisotopic (exact) mass is 392 g/mol. The van der Waals surface area contributed by atoms with Crippen molar-refractivity contribution in [2.45, 2.75) is 27.7 Å². The van der Waals surface area contributed by atoms with E-state index in [-0.39, 0.29) is 115 Å². The Labute approximate surface area is 216 Å². The summed E-state index contributed by atoms with van der Waals surface area (Å²) in [5.41, 5.74) is 0. The molecule has 0 radical (unpaired) electrons. The van der Waals surface area contributed by atoms with Crippen LogP contribution < -0.4 is 71.4 Å². The number of hydrogen-bond donors (Lipinski definition) is 6. The largest absolute Gasteiger partial charge is 2.00 e. The van der Waals surface area contributed by atoms with E-state index >= 15 is 0 Å². The van der Waals surface area contributed by atoms with Crippen LogP contribution >= 0.6 is 0 Å². The van der Waals surface area contributed by atoms with Crippen molar-refractivity contribution in [3.63, 3.8) is 0 Å². The molecule has 0 heterocycles. The van der Waals surface area contributed by atoms with Crippen molar-refractivity contribution >= 4 is 61.6 Å². The molecule has 23 heavy (non-hydrogen) atoms. The van der Waals surface area contributed by atoms with E-state index < -0.39 is 23.9 Å². The Balaban J connectivity index is -0.00000000609. The molecule has 0 aliphatic rings. The van der Waals surface area contributed by atoms with Gasteiger partial charge in [-0.2, -0.15) is 0 Å². The van der Waals surface area contributed by atoms with Gasteiger partial charge in [0, 0.05) is 27.7 Å². The molecule has 0 aromatic heterocycles. The van der Waals surface area contributed by atoms with Crippen LogP contribution in [-0.4, -0.2) is 82.0 Å². The average molecular weight is 392 g/mol. The maximum Gasteiger partial charge on any atom is 2.00 e. The molecule has 0 aliphatic carbocycles. The summed E-state index contributed by atoms with van der Waals surface area (Å²) in [6, 6.07) is 0. The first-order chi connectivity index (χ1) is 7.93. The summed E-state index contributed by atoms with van der Waals surface area (Å²) in [5.74, 6) is -3.33. The molecule has 0 aromatic carbocycles. The van der Waals surface area contributed by atoms with E-state index in [1.807, 2.05) is 0 Å². The van der Waals surface area contributed by atoms with E-state index in [0.29, 0.717) is 0 Å². The number of hydrogen-bond acceptors (Lipinski definition) is 6. The minimum Gasteiger partial charge on any atom is -1.00 e. The van der Waals surface area contributed by atoms with E-state index in [9.17, 15) is 0 Å². The van der Waals surface area contributed by atoms with Crippen LogP contribution in [0, 0.1) is 0 Å². The van der Waals surface area contributed by atoms with Gasteiger partial charge in [0.15, 0.2) is 0 Å². The van der Waals surface area contributed by atoms with Crippen molar-refractivity contribution in [3.05, 3.63) is 13.2 Å². The van der Waals surface area contributed by atoms with Gasteiger partial charge in [-0.1, -0.05) is 0 Å². The fraction of sp³-hybridized carbons (Fsp3) is 0.400. The van der Waals surface area contributed by atoms with Gasteiger partial charge in [-0.15, -0.1) is 13.2 Å². The number of carboxylic acid groups (broad SMARTS) is 4. The van der Waals surface area contributed by atoms with Crippen molar-refractivity contribution in [1.82, 2.24) is 12.3 Å². The van der Waals surface area contributed by atoms with Crippen LogP contribution in [0.5, 0.6) is 0 Å². The summed E-state index contributed by atoms with van der Waals surface area (Å²) < 4.78 is 0. The first kappa shape index (κ1) is 65.0. The summed E-state index contributed by atoms with van der Waals surface area (Å²) >= 11 is 0. The molecule has 0 aliphatic heterocycles. The normalized spacial score (nSPS) is 4.52. The van der Waals surface area contributed by atoms with Crippen molar-refractivity contribution < 1.29 is 104 Å². The number of carboxylic acids is 4. The Kier molecular flexibility index (Phi) is 187. The SMILES string of the molecule is C=C.CC(=O)O.CC(=O)O.CC(=O)O.CC(=O)O.N.N.[Ca+2].[H-].[H-].[H-].[H-].[Na+].[Na+]. The van der Waals surface area contributed by atoms with Crippen molar-refractivity contribution in [2.24, 2.45) is 0 Å². The Morgan fingerprint density at radius 3 is 0.609 bits per heavy atom. The standard InChI is InChI=1S/4C2H4O2.C2H4.Ca.2H3N.2Na.4H/c4*1-2(3)4;1-2;;;;;;;;;/h4*1H3,(H,3,4);1-2H2;;2*1H3;;;;;;/q;;;;;+2;;;2*+1;4*-1. The molecule has 13 heteroatoms. The zero-order valence-electron chi connectivity index (χ0n) is 19.0. The third-order valence-electron chi connectivity index (χ3n) is 0. The second-order valence-electron chi connectivity index (χ2n) is 2.08. The van der Waals surface area contributed by atoms with Gasteiger partial charge < -0.3 is 38.4 Å². The van der Waals surface area contributed by atoms with E-state index in [1.54, 1.807) is 0 Å². The summed E-state index contributed by atoms with van der Waals surface area (Å²) in [6.45, 7) is 10.3. The average Bonchev–Trinajstić information content (AvgIpc) is 2.01. The molecular weight excluding hydrogens is 362 g/mol. The number of aliphatic carboxylic acids is 4. The van der Waals surface area contributed by atoms with Crippen LogP contribution in [0.15, 0.2) is 13.2 Å². The van der Waals surface area contributed by atoms with E-state index in [1.165, 1.54) is 0 Å². The molecule has 0 amide bonds. The minimum atomic E-state index is -0.833. The fourth-order valence-corrected chi connectivity index (χ4v) is 0. The molecular formula is C10H30CaN2Na2O8. The van der Waals surface area contributed by atoms with E-state index in [0.717, 1.165) is 27.7 Å². The van der Waals surface area contributed by atoms with Crippen LogP contribution in [0.3, 0.4) is 0 Å². The summed E-state index contributed by atoms with van der Waals surface area (Å²) in [7, 11) is 0. The Bertz CT molecular complexity index is 211. The van der Waals surface area contributed by atoms with Gasteiger partial charge in [0.1, 0.15) is 0 Å². The zero-order valence-corrected chi connectivity index (χ0v) is 21.2. The summed E-state index contributed by atoms with van der Waals surface area (Å²) in [5, 5.41) is 29.7. The maximum atomic E-state index is 9.00. The summed E-state index contributed by atoms with van der Waals surface area (Å²) in [4.78, 5) is 36.0. The molecule has 0 bridgehead atoms. The molecule has 0 rings (SSSR count). The van der Waals surface area contributed by atoms with Gasteiger partial charge in [0.05, 0.1) is 0 Å². The number of rotatable bonds is 0. The van der Waals surface area contributed by atoms with Crippen molar-refractivity contribution in [3.8, 4) is 0 Å². The van der Waals surface area contributed by atoms with Crippen LogP contribution in [0.4, 0.5) is 0 Å². The van der Waals surface area contributed by atoms with Gasteiger partial charge in [0.25, 0.3) is 23.9 Å². The van der Waals surface area contributed by atoms with Crippen molar-refractivity contribution in [2.75, 3.05) is 0 Å². The molecule has 0 saturated carbocycles. The smallest absolute Gasteiger partial charge is 1.00 e. The Morgan fingerprint density at radius 1 is 0.609 bits per heavy atom. The molecule has 0 fully saturated rings. The summed E-state index contributed by atoms with van der Waals surface area (Å²) in [6.07, 6.45) is 0. The second kappa shape index (κ2) is 66.1. The van der Waals surface area contributed by atoms with Gasteiger partial charge in [-0.05, 0) is 0 Å².